The molecule has 55 heavy (non-hydrogen) atoms. The minimum absolute atomic E-state index is 0.143. The Hall–Kier alpha value is -5.73. The van der Waals surface area contributed by atoms with E-state index in [0.717, 1.165) is 80.9 Å². The molecule has 3 fully saturated rings. The molecule has 0 radical (unpaired) electrons. The van der Waals surface area contributed by atoms with E-state index < -0.39 is 11.9 Å². The standard InChI is InChI=1S/C40H41ClN10O4/c1-43-31-18-35(47-51-34(37(42)53)22-45-38(31)51)49-13-9-28-27(3-2-4-32(28)49)30-7-5-24(21-44-30)23-48-15-11-40(12-16-48)19-26(20-40)55-25-6-8-33(29(41)17-25)50-14-10-36(52)46-39(50)54/h2-8,17-18,21-22,26,43H,9-16,19-20,23H2,1H3,(H2,42,53)(H,46,52,54). The molecule has 14 nitrogen and oxygen atoms in total. The summed E-state index contributed by atoms with van der Waals surface area (Å²) in [4.78, 5) is 51.3. The maximum absolute atomic E-state index is 12.3. The summed E-state index contributed by atoms with van der Waals surface area (Å²) in [6.45, 7) is 3.97. The Morgan fingerprint density at radius 3 is 2.53 bits per heavy atom. The van der Waals surface area contributed by atoms with Crippen LogP contribution in [0.4, 0.5) is 27.7 Å². The first kappa shape index (κ1) is 35.0. The van der Waals surface area contributed by atoms with Crippen molar-refractivity contribution in [1.82, 2.24) is 29.8 Å². The first-order valence-electron chi connectivity index (χ1n) is 18.7. The number of nitrogens with two attached hydrogens (primary N) is 1. The van der Waals surface area contributed by atoms with Gasteiger partial charge in [0.05, 0.1) is 34.4 Å². The Morgan fingerprint density at radius 2 is 1.80 bits per heavy atom. The van der Waals surface area contributed by atoms with Crippen LogP contribution in [0.1, 0.15) is 53.7 Å². The molecule has 1 saturated carbocycles. The molecule has 5 aromatic rings. The maximum Gasteiger partial charge on any atom is 0.328 e. The number of fused-ring (bicyclic) bond motifs is 2. The molecule has 2 aromatic carbocycles. The quantitative estimate of drug-likeness (QED) is 0.174. The molecule has 0 atom stereocenters. The van der Waals surface area contributed by atoms with Crippen LogP contribution in [0.25, 0.3) is 16.9 Å². The molecule has 3 aromatic heterocycles. The number of benzene rings is 2. The van der Waals surface area contributed by atoms with Crippen molar-refractivity contribution in [3.05, 3.63) is 88.8 Å². The highest BCUT2D eigenvalue weighted by Gasteiger charge is 2.47. The lowest BCUT2D eigenvalue weighted by molar-refractivity contribution is -0.120. The predicted molar refractivity (Wildman–Crippen MR) is 209 cm³/mol. The van der Waals surface area contributed by atoms with E-state index in [9.17, 15) is 14.4 Å². The lowest BCUT2D eigenvalue weighted by Gasteiger charge is -2.51. The number of piperidine rings is 1. The normalized spacial score (nSPS) is 18.4. The van der Waals surface area contributed by atoms with E-state index in [2.05, 4.69) is 55.7 Å². The van der Waals surface area contributed by atoms with Gasteiger partial charge in [0.2, 0.25) is 5.91 Å². The average Bonchev–Trinajstić information content (AvgIpc) is 3.81. The number of nitrogens with one attached hydrogen (secondary N) is 2. The molecule has 282 valence electrons. The van der Waals surface area contributed by atoms with Gasteiger partial charge in [0.25, 0.3) is 5.91 Å². The first-order chi connectivity index (χ1) is 26.7. The molecule has 4 amide bonds. The van der Waals surface area contributed by atoms with Gasteiger partial charge in [-0.05, 0) is 86.0 Å². The van der Waals surface area contributed by atoms with Gasteiger partial charge >= 0.3 is 6.03 Å². The van der Waals surface area contributed by atoms with Gasteiger partial charge in [-0.25, -0.2) is 14.3 Å². The number of imidazole rings is 1. The SMILES string of the molecule is CNc1cc(N2CCc3c(-c4ccc(CN5CCC6(CC5)CC(Oc5ccc(N7CCC(=O)NC7=O)c(Cl)c5)C6)cn4)cccc32)nn2c(C(N)=O)cnc12. The van der Waals surface area contributed by atoms with Crippen molar-refractivity contribution >= 4 is 58.0 Å². The van der Waals surface area contributed by atoms with E-state index in [0.29, 0.717) is 39.9 Å². The number of ether oxygens (including phenoxy) is 1. The van der Waals surface area contributed by atoms with Crippen LogP contribution in [0.2, 0.25) is 5.02 Å². The summed E-state index contributed by atoms with van der Waals surface area (Å²) in [6.07, 6.45) is 8.99. The molecule has 4 N–H and O–H groups in total. The Balaban J connectivity index is 0.801. The fraction of sp³-hybridized carbons (Fsp3) is 0.350. The van der Waals surface area contributed by atoms with Crippen molar-refractivity contribution < 1.29 is 19.1 Å². The van der Waals surface area contributed by atoms with E-state index >= 15 is 0 Å². The molecule has 3 aliphatic heterocycles. The summed E-state index contributed by atoms with van der Waals surface area (Å²) in [5, 5.41) is 10.7. The van der Waals surface area contributed by atoms with Crippen LogP contribution in [0.5, 0.6) is 5.75 Å². The smallest absolute Gasteiger partial charge is 0.328 e. The number of rotatable bonds is 9. The summed E-state index contributed by atoms with van der Waals surface area (Å²) in [7, 11) is 1.82. The van der Waals surface area contributed by atoms with Crippen LogP contribution in [0.3, 0.4) is 0 Å². The molecule has 1 aliphatic carbocycles. The Morgan fingerprint density at radius 1 is 0.982 bits per heavy atom. The summed E-state index contributed by atoms with van der Waals surface area (Å²) in [6, 6.07) is 17.5. The molecule has 2 saturated heterocycles. The first-order valence-corrected chi connectivity index (χ1v) is 19.1. The fourth-order valence-corrected chi connectivity index (χ4v) is 8.91. The van der Waals surface area contributed by atoms with Crippen molar-refractivity contribution in [3.8, 4) is 17.0 Å². The van der Waals surface area contributed by atoms with Gasteiger partial charge in [-0.1, -0.05) is 29.8 Å². The zero-order valence-electron chi connectivity index (χ0n) is 30.4. The number of carbonyl (C=O) groups excluding carboxylic acids is 3. The van der Waals surface area contributed by atoms with E-state index in [1.165, 1.54) is 26.7 Å². The largest absolute Gasteiger partial charge is 0.490 e. The second-order valence-corrected chi connectivity index (χ2v) is 15.4. The lowest BCUT2D eigenvalue weighted by atomic mass is 9.61. The second kappa shape index (κ2) is 13.8. The third kappa shape index (κ3) is 6.48. The van der Waals surface area contributed by atoms with Crippen molar-refractivity contribution in [3.63, 3.8) is 0 Å². The number of halogens is 1. The Labute approximate surface area is 322 Å². The number of hydrogen-bond acceptors (Lipinski definition) is 10. The highest BCUT2D eigenvalue weighted by atomic mass is 35.5. The predicted octanol–water partition coefficient (Wildman–Crippen LogP) is 5.55. The third-order valence-corrected chi connectivity index (χ3v) is 11.9. The van der Waals surface area contributed by atoms with E-state index in [4.69, 9.17) is 32.2 Å². The Kier molecular flexibility index (Phi) is 8.81. The molecule has 0 unspecified atom stereocenters. The van der Waals surface area contributed by atoms with Crippen molar-refractivity contribution in [2.75, 3.05) is 48.3 Å². The highest BCUT2D eigenvalue weighted by Crippen LogP contribution is 2.51. The topological polar surface area (TPSA) is 163 Å². The van der Waals surface area contributed by atoms with Crippen molar-refractivity contribution in [2.45, 2.75) is 51.2 Å². The molecule has 0 bridgehead atoms. The number of hydrogen-bond donors (Lipinski definition) is 3. The number of urea groups is 1. The van der Waals surface area contributed by atoms with Gasteiger partial charge in [0, 0.05) is 62.7 Å². The van der Waals surface area contributed by atoms with E-state index in [-0.39, 0.29) is 24.1 Å². The number of anilines is 4. The molecule has 1 spiro atoms. The zero-order chi connectivity index (χ0) is 37.8. The number of carbonyl (C=O) groups is 3. The number of nitrogens with zero attached hydrogens (tertiary/aromatic N) is 7. The molecule has 9 rings (SSSR count). The van der Waals surface area contributed by atoms with Crippen LogP contribution in [-0.4, -0.2) is 81.7 Å². The van der Waals surface area contributed by atoms with Crippen LogP contribution < -0.4 is 30.9 Å². The number of likely N-dealkylation sites (tertiary alicyclic amines) is 1. The van der Waals surface area contributed by atoms with Gasteiger partial charge in [-0.15, -0.1) is 5.10 Å². The van der Waals surface area contributed by atoms with E-state index in [1.54, 1.807) is 12.1 Å². The molecule has 6 heterocycles. The summed E-state index contributed by atoms with van der Waals surface area (Å²) in [5.41, 5.74) is 13.5. The minimum atomic E-state index is -0.583. The molecular formula is C40H41ClN10O4. The monoisotopic (exact) mass is 760 g/mol. The number of primary amides is 1. The molecule has 4 aliphatic rings. The number of imide groups is 1. The second-order valence-electron chi connectivity index (χ2n) is 15.0. The number of aromatic nitrogens is 4. The fourth-order valence-electron chi connectivity index (χ4n) is 8.64. The molecule has 15 heteroatoms. The minimum Gasteiger partial charge on any atom is -0.490 e. The number of pyridine rings is 1. The summed E-state index contributed by atoms with van der Waals surface area (Å²) < 4.78 is 7.81. The van der Waals surface area contributed by atoms with Crippen LogP contribution >= 0.6 is 11.6 Å². The highest BCUT2D eigenvalue weighted by molar-refractivity contribution is 6.34. The van der Waals surface area contributed by atoms with Crippen LogP contribution in [-0.2, 0) is 17.8 Å². The average molecular weight is 761 g/mol. The maximum atomic E-state index is 12.3. The van der Waals surface area contributed by atoms with Crippen molar-refractivity contribution in [2.24, 2.45) is 11.1 Å². The van der Waals surface area contributed by atoms with Gasteiger partial charge in [0.1, 0.15) is 11.4 Å². The summed E-state index contributed by atoms with van der Waals surface area (Å²) >= 11 is 6.54. The third-order valence-electron chi connectivity index (χ3n) is 11.6. The Bertz CT molecular complexity index is 2330. The zero-order valence-corrected chi connectivity index (χ0v) is 31.2. The van der Waals surface area contributed by atoms with Crippen molar-refractivity contribution in [1.29, 1.82) is 0 Å². The lowest BCUT2D eigenvalue weighted by Crippen LogP contribution is -2.50. The molecular weight excluding hydrogens is 720 g/mol. The summed E-state index contributed by atoms with van der Waals surface area (Å²) in [5.74, 6) is 0.537. The van der Waals surface area contributed by atoms with Gasteiger partial charge in [0.15, 0.2) is 11.5 Å². The van der Waals surface area contributed by atoms with Gasteiger partial charge in [-0.2, -0.15) is 0 Å². The van der Waals surface area contributed by atoms with Crippen LogP contribution in [0, 0.1) is 5.41 Å². The van der Waals surface area contributed by atoms with Crippen LogP contribution in [0.15, 0.2) is 67.0 Å². The van der Waals surface area contributed by atoms with E-state index in [1.807, 2.05) is 25.4 Å². The number of amides is 4. The van der Waals surface area contributed by atoms with Gasteiger partial charge in [-0.3, -0.25) is 29.7 Å². The van der Waals surface area contributed by atoms with Gasteiger partial charge < -0.3 is 20.7 Å².